The van der Waals surface area contributed by atoms with Gasteiger partial charge in [-0.15, -0.1) is 0 Å². The highest BCUT2D eigenvalue weighted by molar-refractivity contribution is 6.64. The van der Waals surface area contributed by atoms with Crippen LogP contribution in [0.1, 0.15) is 27.7 Å². The molecule has 4 N–H and O–H groups in total. The van der Waals surface area contributed by atoms with Gasteiger partial charge in [0.2, 0.25) is 5.78 Å². The van der Waals surface area contributed by atoms with E-state index in [1.807, 2.05) is 0 Å². The van der Waals surface area contributed by atoms with Gasteiger partial charge >= 0.3 is 0 Å². The minimum Gasteiger partial charge on any atom is -0.397 e. The van der Waals surface area contributed by atoms with Gasteiger partial charge < -0.3 is 20.5 Å². The predicted molar refractivity (Wildman–Crippen MR) is 63.8 cm³/mol. The number of hydrogen-bond acceptors (Lipinski definition) is 5. The molecule has 0 fully saturated rings. The molecule has 0 saturated heterocycles. The van der Waals surface area contributed by atoms with Crippen LogP contribution in [0.15, 0.2) is 11.2 Å². The minimum atomic E-state index is -1.19. The Balaban J connectivity index is 2.77. The van der Waals surface area contributed by atoms with Crippen molar-refractivity contribution in [3.63, 3.8) is 0 Å². The van der Waals surface area contributed by atoms with Gasteiger partial charge in [0.05, 0.1) is 12.3 Å². The number of ketones is 2. The van der Waals surface area contributed by atoms with E-state index in [-0.39, 0.29) is 27.6 Å². The van der Waals surface area contributed by atoms with Crippen molar-refractivity contribution in [3.8, 4) is 0 Å². The Morgan fingerprint density at radius 3 is 2.61 bits per heavy atom. The van der Waals surface area contributed by atoms with E-state index in [1.54, 1.807) is 7.05 Å². The fraction of sp³-hybridized carbons (Fsp3) is 0.273. The van der Waals surface area contributed by atoms with Crippen LogP contribution in [0.2, 0.25) is 0 Å². The molecule has 96 valence electrons. The van der Waals surface area contributed by atoms with Gasteiger partial charge in [0.15, 0.2) is 0 Å². The first kappa shape index (κ1) is 12.8. The van der Waals surface area contributed by atoms with Crippen LogP contribution in [0.4, 0.5) is 0 Å². The minimum absolute atomic E-state index is 0.0561. The summed E-state index contributed by atoms with van der Waals surface area (Å²) >= 11 is 5.70. The largest absolute Gasteiger partial charge is 0.397 e. The van der Waals surface area contributed by atoms with E-state index in [1.165, 1.54) is 10.8 Å². The van der Waals surface area contributed by atoms with Crippen LogP contribution in [0.25, 0.3) is 5.70 Å². The van der Waals surface area contributed by atoms with Crippen molar-refractivity contribution < 1.29 is 19.8 Å². The summed E-state index contributed by atoms with van der Waals surface area (Å²) in [6, 6.07) is 0. The maximum Gasteiger partial charge on any atom is 0.251 e. The zero-order valence-corrected chi connectivity index (χ0v) is 10.2. The molecule has 0 radical (unpaired) electrons. The summed E-state index contributed by atoms with van der Waals surface area (Å²) in [7, 11) is 1.55. The number of Topliss-reactive ketones (excluding diaryl/α,β-unsaturated/α-hetero) is 2. The van der Waals surface area contributed by atoms with Crippen molar-refractivity contribution in [1.82, 2.24) is 4.57 Å². The number of allylic oxidation sites excluding steroid dienone is 1. The number of halogens is 1. The van der Waals surface area contributed by atoms with Gasteiger partial charge in [-0.2, -0.15) is 0 Å². The van der Waals surface area contributed by atoms with E-state index < -0.39 is 24.3 Å². The topological polar surface area (TPSA) is 106 Å². The Morgan fingerprint density at radius 2 is 2.06 bits per heavy atom. The van der Waals surface area contributed by atoms with E-state index in [0.29, 0.717) is 0 Å². The van der Waals surface area contributed by atoms with Crippen LogP contribution in [-0.4, -0.2) is 33.0 Å². The molecule has 2 rings (SSSR count). The number of aryl methyl sites for hydroxylation is 1. The molecule has 1 heterocycles. The molecule has 1 aromatic rings. The first-order valence-corrected chi connectivity index (χ1v) is 5.50. The number of hydrogen-bond donors (Lipinski definition) is 3. The molecule has 18 heavy (non-hydrogen) atoms. The molecule has 1 aliphatic rings. The average molecular weight is 271 g/mol. The maximum absolute atomic E-state index is 11.8. The van der Waals surface area contributed by atoms with Gasteiger partial charge in [-0.05, 0) is 0 Å². The molecule has 0 bridgehead atoms. The monoisotopic (exact) mass is 270 g/mol. The molecule has 1 unspecified atom stereocenters. The van der Waals surface area contributed by atoms with Crippen LogP contribution < -0.4 is 5.73 Å². The van der Waals surface area contributed by atoms with Crippen molar-refractivity contribution in [2.45, 2.75) is 6.10 Å². The lowest BCUT2D eigenvalue weighted by atomic mass is 9.94. The molecule has 6 nitrogen and oxygen atoms in total. The van der Waals surface area contributed by atoms with E-state index in [0.717, 1.165) is 0 Å². The highest BCUT2D eigenvalue weighted by atomic mass is 35.5. The quantitative estimate of drug-likeness (QED) is 0.639. The number of rotatable bonds is 2. The average Bonchev–Trinajstić information content (AvgIpc) is 2.70. The molecule has 0 aromatic carbocycles. The summed E-state index contributed by atoms with van der Waals surface area (Å²) < 4.78 is 1.39. The maximum atomic E-state index is 11.8. The first-order valence-electron chi connectivity index (χ1n) is 5.12. The third-order valence-corrected chi connectivity index (χ3v) is 3.24. The number of nitrogens with two attached hydrogens (primary N) is 1. The summed E-state index contributed by atoms with van der Waals surface area (Å²) in [6.45, 7) is -0.524. The summed E-state index contributed by atoms with van der Waals surface area (Å²) in [5.41, 5.74) is 6.22. The number of aliphatic hydroxyl groups is 2. The lowest BCUT2D eigenvalue weighted by Crippen LogP contribution is -2.26. The van der Waals surface area contributed by atoms with Crippen LogP contribution in [0.3, 0.4) is 0 Å². The summed E-state index contributed by atoms with van der Waals surface area (Å²) in [6.07, 6.45) is 0.253. The first-order chi connectivity index (χ1) is 8.40. The second-order valence-electron chi connectivity index (χ2n) is 4.00. The zero-order chi connectivity index (χ0) is 13.6. The van der Waals surface area contributed by atoms with Crippen molar-refractivity contribution >= 4 is 28.9 Å². The highest BCUT2D eigenvalue weighted by Crippen LogP contribution is 2.34. The van der Waals surface area contributed by atoms with Gasteiger partial charge in [-0.1, -0.05) is 11.6 Å². The van der Waals surface area contributed by atoms with E-state index >= 15 is 0 Å². The van der Waals surface area contributed by atoms with E-state index in [4.69, 9.17) is 22.4 Å². The number of fused-ring (bicyclic) bond motifs is 1. The molecule has 0 amide bonds. The van der Waals surface area contributed by atoms with Crippen LogP contribution in [0.5, 0.6) is 0 Å². The number of carbonyl (C=O) groups is 2. The lowest BCUT2D eigenvalue weighted by Gasteiger charge is -2.16. The SMILES string of the molecule is Cn1cc(C(O)CO)c2c1C(=O)C(=O)C(Cl)=C2N. The van der Waals surface area contributed by atoms with Crippen molar-refractivity contribution in [2.75, 3.05) is 6.61 Å². The zero-order valence-electron chi connectivity index (χ0n) is 9.48. The summed E-state index contributed by atoms with van der Waals surface area (Å²) in [4.78, 5) is 23.4. The standard InChI is InChI=1S/C11H11ClN2O4/c1-14-2-4(5(16)3-15)6-8(13)7(12)10(17)11(18)9(6)14/h2,5,15-16H,3,13H2,1H3. The Bertz CT molecular complexity index is 588. The predicted octanol–water partition coefficient (Wildman–Crippen LogP) is -0.318. The number of aliphatic hydroxyl groups excluding tert-OH is 2. The second-order valence-corrected chi connectivity index (χ2v) is 4.38. The lowest BCUT2D eigenvalue weighted by molar-refractivity contribution is -0.111. The Kier molecular flexibility index (Phi) is 3.02. The van der Waals surface area contributed by atoms with Gasteiger partial charge in [-0.3, -0.25) is 9.59 Å². The molecular weight excluding hydrogens is 260 g/mol. The van der Waals surface area contributed by atoms with E-state index in [9.17, 15) is 14.7 Å². The van der Waals surface area contributed by atoms with Crippen LogP contribution >= 0.6 is 11.6 Å². The molecule has 0 saturated carbocycles. The number of aromatic nitrogens is 1. The fourth-order valence-electron chi connectivity index (χ4n) is 2.00. The molecule has 1 aliphatic carbocycles. The third-order valence-electron chi connectivity index (χ3n) is 2.87. The molecule has 0 aliphatic heterocycles. The van der Waals surface area contributed by atoms with Gasteiger partial charge in [0, 0.05) is 24.4 Å². The normalized spacial score (nSPS) is 17.1. The van der Waals surface area contributed by atoms with Crippen LogP contribution in [0, 0.1) is 0 Å². The van der Waals surface area contributed by atoms with Crippen LogP contribution in [-0.2, 0) is 11.8 Å². The Labute approximate surface area is 107 Å². The highest BCUT2D eigenvalue weighted by Gasteiger charge is 2.36. The van der Waals surface area contributed by atoms with Gasteiger partial charge in [0.1, 0.15) is 16.8 Å². The van der Waals surface area contributed by atoms with Crippen molar-refractivity contribution in [1.29, 1.82) is 0 Å². The van der Waals surface area contributed by atoms with Crippen molar-refractivity contribution in [3.05, 3.63) is 28.0 Å². The number of carbonyl (C=O) groups excluding carboxylic acids is 2. The van der Waals surface area contributed by atoms with Gasteiger partial charge in [0.25, 0.3) is 5.78 Å². The third kappa shape index (κ3) is 1.58. The molecule has 0 spiro atoms. The molecular formula is C11H11ClN2O4. The molecule has 7 heteroatoms. The molecule has 1 atom stereocenters. The smallest absolute Gasteiger partial charge is 0.251 e. The number of nitrogens with zero attached hydrogens (tertiary/aromatic N) is 1. The van der Waals surface area contributed by atoms with Crippen molar-refractivity contribution in [2.24, 2.45) is 12.8 Å². The molecule has 1 aromatic heterocycles. The Hall–Kier alpha value is -1.63. The summed E-state index contributed by atoms with van der Waals surface area (Å²) in [5.74, 6) is -1.64. The fourth-order valence-corrected chi connectivity index (χ4v) is 2.18. The Morgan fingerprint density at radius 1 is 1.44 bits per heavy atom. The van der Waals surface area contributed by atoms with E-state index in [2.05, 4.69) is 0 Å². The second kappa shape index (κ2) is 4.24. The van der Waals surface area contributed by atoms with Gasteiger partial charge in [-0.25, -0.2) is 0 Å². The summed E-state index contributed by atoms with van der Waals surface area (Å²) in [5, 5.41) is 18.3.